The SMILES string of the molecule is COCC(C)(CC(=O)O)NC(=O)c1ccc(C(N)=O)cc1. The average molecular weight is 294 g/mol. The minimum atomic E-state index is -1.04. The van der Waals surface area contributed by atoms with Crippen LogP contribution in [0.4, 0.5) is 0 Å². The fourth-order valence-corrected chi connectivity index (χ4v) is 1.92. The highest BCUT2D eigenvalue weighted by Crippen LogP contribution is 2.13. The van der Waals surface area contributed by atoms with Gasteiger partial charge >= 0.3 is 5.97 Å². The molecule has 1 aromatic carbocycles. The van der Waals surface area contributed by atoms with Crippen molar-refractivity contribution >= 4 is 17.8 Å². The molecule has 114 valence electrons. The van der Waals surface area contributed by atoms with Gasteiger partial charge in [-0.2, -0.15) is 0 Å². The molecule has 1 unspecified atom stereocenters. The zero-order valence-electron chi connectivity index (χ0n) is 11.9. The third kappa shape index (κ3) is 4.88. The molecule has 0 aliphatic carbocycles. The second-order valence-corrected chi connectivity index (χ2v) is 4.96. The second kappa shape index (κ2) is 6.85. The molecule has 0 spiro atoms. The van der Waals surface area contributed by atoms with Crippen LogP contribution < -0.4 is 11.1 Å². The van der Waals surface area contributed by atoms with Gasteiger partial charge in [-0.15, -0.1) is 0 Å². The molecule has 0 fully saturated rings. The van der Waals surface area contributed by atoms with Gasteiger partial charge in [-0.1, -0.05) is 0 Å². The molecule has 0 saturated heterocycles. The van der Waals surface area contributed by atoms with Gasteiger partial charge in [-0.3, -0.25) is 14.4 Å². The summed E-state index contributed by atoms with van der Waals surface area (Å²) in [4.78, 5) is 33.9. The maximum absolute atomic E-state index is 12.1. The number of amides is 2. The molecule has 2 amide bonds. The maximum Gasteiger partial charge on any atom is 0.305 e. The first-order valence-electron chi connectivity index (χ1n) is 6.20. The number of carboxylic acids is 1. The van der Waals surface area contributed by atoms with E-state index in [0.717, 1.165) is 0 Å². The van der Waals surface area contributed by atoms with Crippen molar-refractivity contribution in [1.82, 2.24) is 5.32 Å². The Labute approximate surface area is 122 Å². The molecule has 21 heavy (non-hydrogen) atoms. The van der Waals surface area contributed by atoms with Crippen molar-refractivity contribution in [2.24, 2.45) is 5.73 Å². The van der Waals surface area contributed by atoms with Crippen molar-refractivity contribution in [2.75, 3.05) is 13.7 Å². The standard InChI is InChI=1S/C14H18N2O5/c1-14(8-21-2,7-11(17)18)16-13(20)10-5-3-9(4-6-10)12(15)19/h3-6H,7-8H2,1-2H3,(H2,15,19)(H,16,20)(H,17,18). The first-order valence-corrected chi connectivity index (χ1v) is 6.20. The lowest BCUT2D eigenvalue weighted by Gasteiger charge is -2.28. The molecule has 1 atom stereocenters. The van der Waals surface area contributed by atoms with E-state index in [2.05, 4.69) is 5.32 Å². The number of ether oxygens (including phenoxy) is 1. The van der Waals surface area contributed by atoms with E-state index in [1.165, 1.54) is 31.4 Å². The van der Waals surface area contributed by atoms with E-state index < -0.39 is 23.3 Å². The number of carbonyl (C=O) groups excluding carboxylic acids is 2. The van der Waals surface area contributed by atoms with Gasteiger partial charge in [0.15, 0.2) is 0 Å². The highest BCUT2D eigenvalue weighted by Gasteiger charge is 2.29. The van der Waals surface area contributed by atoms with Gasteiger partial charge in [0.2, 0.25) is 5.91 Å². The van der Waals surface area contributed by atoms with Crippen molar-refractivity contribution in [2.45, 2.75) is 18.9 Å². The van der Waals surface area contributed by atoms with Crippen LogP contribution in [0.25, 0.3) is 0 Å². The highest BCUT2D eigenvalue weighted by molar-refractivity contribution is 5.97. The molecule has 0 radical (unpaired) electrons. The number of primary amides is 1. The number of hydrogen-bond donors (Lipinski definition) is 3. The molecular formula is C14H18N2O5. The van der Waals surface area contributed by atoms with Crippen LogP contribution in [0.3, 0.4) is 0 Å². The van der Waals surface area contributed by atoms with Crippen LogP contribution in [-0.2, 0) is 9.53 Å². The zero-order valence-corrected chi connectivity index (χ0v) is 11.9. The highest BCUT2D eigenvalue weighted by atomic mass is 16.5. The Morgan fingerprint density at radius 1 is 1.24 bits per heavy atom. The number of nitrogens with one attached hydrogen (secondary N) is 1. The summed E-state index contributed by atoms with van der Waals surface area (Å²) < 4.78 is 4.96. The van der Waals surface area contributed by atoms with Crippen LogP contribution in [0.1, 0.15) is 34.1 Å². The Morgan fingerprint density at radius 3 is 2.19 bits per heavy atom. The second-order valence-electron chi connectivity index (χ2n) is 4.96. The van der Waals surface area contributed by atoms with Gasteiger partial charge in [-0.25, -0.2) is 0 Å². The van der Waals surface area contributed by atoms with Crippen LogP contribution >= 0.6 is 0 Å². The molecule has 7 heteroatoms. The summed E-state index contributed by atoms with van der Waals surface area (Å²) in [5, 5.41) is 11.5. The Kier molecular flexibility index (Phi) is 5.43. The lowest BCUT2D eigenvalue weighted by Crippen LogP contribution is -2.50. The lowest BCUT2D eigenvalue weighted by atomic mass is 9.98. The predicted molar refractivity (Wildman–Crippen MR) is 75.0 cm³/mol. The largest absolute Gasteiger partial charge is 0.481 e. The van der Waals surface area contributed by atoms with Gasteiger partial charge < -0.3 is 20.9 Å². The number of benzene rings is 1. The number of carboxylic acid groups (broad SMARTS) is 1. The Balaban J connectivity index is 2.86. The van der Waals surface area contributed by atoms with E-state index in [0.29, 0.717) is 5.56 Å². The number of hydrogen-bond acceptors (Lipinski definition) is 4. The molecule has 0 bridgehead atoms. The summed E-state index contributed by atoms with van der Waals surface area (Å²) in [5.41, 5.74) is 4.67. The topological polar surface area (TPSA) is 119 Å². The van der Waals surface area contributed by atoms with E-state index in [4.69, 9.17) is 15.6 Å². The minimum absolute atomic E-state index is 0.0599. The minimum Gasteiger partial charge on any atom is -0.481 e. The molecular weight excluding hydrogens is 276 g/mol. The van der Waals surface area contributed by atoms with Crippen LogP contribution in [0.5, 0.6) is 0 Å². The van der Waals surface area contributed by atoms with Crippen molar-refractivity contribution in [3.05, 3.63) is 35.4 Å². The number of aliphatic carboxylic acids is 1. The molecule has 1 rings (SSSR count). The molecule has 0 aromatic heterocycles. The number of carbonyl (C=O) groups is 3. The molecule has 0 aliphatic rings. The number of methoxy groups -OCH3 is 1. The normalized spacial score (nSPS) is 13.2. The van der Waals surface area contributed by atoms with E-state index in [-0.39, 0.29) is 18.6 Å². The van der Waals surface area contributed by atoms with Gasteiger partial charge in [0, 0.05) is 18.2 Å². The number of nitrogens with two attached hydrogens (primary N) is 1. The summed E-state index contributed by atoms with van der Waals surface area (Å²) in [6.45, 7) is 1.64. The quantitative estimate of drug-likeness (QED) is 0.672. The lowest BCUT2D eigenvalue weighted by molar-refractivity contribution is -0.139. The first kappa shape index (κ1) is 16.6. The molecule has 0 saturated carbocycles. The van der Waals surface area contributed by atoms with Crippen LogP contribution in [-0.4, -0.2) is 42.1 Å². The summed E-state index contributed by atoms with van der Waals surface area (Å²) in [7, 11) is 1.42. The number of rotatable bonds is 7. The van der Waals surface area contributed by atoms with E-state index in [9.17, 15) is 14.4 Å². The summed E-state index contributed by atoms with van der Waals surface area (Å²) >= 11 is 0. The monoisotopic (exact) mass is 294 g/mol. The summed E-state index contributed by atoms with van der Waals surface area (Å²) in [5.74, 6) is -2.08. The Morgan fingerprint density at radius 2 is 1.76 bits per heavy atom. The van der Waals surface area contributed by atoms with E-state index >= 15 is 0 Å². The van der Waals surface area contributed by atoms with Crippen molar-refractivity contribution < 1.29 is 24.2 Å². The fourth-order valence-electron chi connectivity index (χ4n) is 1.92. The summed E-state index contributed by atoms with van der Waals surface area (Å²) in [6, 6.07) is 5.76. The van der Waals surface area contributed by atoms with Crippen LogP contribution in [0, 0.1) is 0 Å². The molecule has 7 nitrogen and oxygen atoms in total. The third-order valence-corrected chi connectivity index (χ3v) is 2.85. The molecule has 4 N–H and O–H groups in total. The average Bonchev–Trinajstić information content (AvgIpc) is 2.37. The zero-order chi connectivity index (χ0) is 16.0. The molecule has 0 aliphatic heterocycles. The molecule has 1 aromatic rings. The van der Waals surface area contributed by atoms with Crippen molar-refractivity contribution in [3.8, 4) is 0 Å². The Hall–Kier alpha value is -2.41. The summed E-state index contributed by atoms with van der Waals surface area (Å²) in [6.07, 6.45) is -0.272. The smallest absolute Gasteiger partial charge is 0.305 e. The van der Waals surface area contributed by atoms with Gasteiger partial charge in [0.1, 0.15) is 0 Å². The van der Waals surface area contributed by atoms with Gasteiger partial charge in [0.25, 0.3) is 5.91 Å². The third-order valence-electron chi connectivity index (χ3n) is 2.85. The van der Waals surface area contributed by atoms with Crippen molar-refractivity contribution in [1.29, 1.82) is 0 Å². The van der Waals surface area contributed by atoms with Crippen LogP contribution in [0.2, 0.25) is 0 Å². The predicted octanol–water partition coefficient (Wildman–Crippen LogP) is 0.395. The van der Waals surface area contributed by atoms with E-state index in [1.807, 2.05) is 0 Å². The molecule has 0 heterocycles. The van der Waals surface area contributed by atoms with Gasteiger partial charge in [0.05, 0.1) is 18.6 Å². The Bertz CT molecular complexity index is 541. The van der Waals surface area contributed by atoms with Gasteiger partial charge in [-0.05, 0) is 31.2 Å². The van der Waals surface area contributed by atoms with Crippen molar-refractivity contribution in [3.63, 3.8) is 0 Å². The van der Waals surface area contributed by atoms with Crippen LogP contribution in [0.15, 0.2) is 24.3 Å². The fraction of sp³-hybridized carbons (Fsp3) is 0.357. The maximum atomic E-state index is 12.1. The first-order chi connectivity index (χ1) is 9.77. The van der Waals surface area contributed by atoms with E-state index in [1.54, 1.807) is 6.92 Å².